The fourth-order valence-corrected chi connectivity index (χ4v) is 3.55. The third-order valence-electron chi connectivity index (χ3n) is 5.44. The smallest absolute Gasteiger partial charge is 0.262 e. The molecule has 3 aromatic rings. The van der Waals surface area contributed by atoms with Gasteiger partial charge in [0.05, 0.1) is 5.69 Å². The molecule has 1 aliphatic heterocycles. The van der Waals surface area contributed by atoms with Crippen LogP contribution in [0, 0.1) is 11.3 Å². The molecule has 1 atom stereocenters. The Bertz CT molecular complexity index is 1190. The maximum Gasteiger partial charge on any atom is 0.262 e. The van der Waals surface area contributed by atoms with E-state index in [-0.39, 0.29) is 0 Å². The molecule has 0 spiro atoms. The van der Waals surface area contributed by atoms with Crippen LogP contribution >= 0.6 is 0 Å². The van der Waals surface area contributed by atoms with Crippen LogP contribution in [0.3, 0.4) is 0 Å². The highest BCUT2D eigenvalue weighted by Crippen LogP contribution is 2.35. The molecule has 1 heterocycles. The summed E-state index contributed by atoms with van der Waals surface area (Å²) in [6.07, 6.45) is 1.41. The number of nitriles is 1. The van der Waals surface area contributed by atoms with Crippen LogP contribution in [-0.2, 0) is 4.84 Å². The van der Waals surface area contributed by atoms with Crippen molar-refractivity contribution in [2.75, 3.05) is 43.1 Å². The van der Waals surface area contributed by atoms with Gasteiger partial charge in [-0.25, -0.2) is 4.99 Å². The second kappa shape index (κ2) is 9.49. The minimum Gasteiger partial charge on any atom is -0.378 e. The highest BCUT2D eigenvalue weighted by Gasteiger charge is 2.32. The maximum absolute atomic E-state index is 9.89. The van der Waals surface area contributed by atoms with E-state index in [1.807, 2.05) is 99.8 Å². The van der Waals surface area contributed by atoms with Crippen molar-refractivity contribution < 1.29 is 4.84 Å². The number of rotatable bonds is 6. The monoisotopic (exact) mass is 437 g/mol. The second-order valence-corrected chi connectivity index (χ2v) is 8.20. The van der Waals surface area contributed by atoms with Gasteiger partial charge >= 0.3 is 0 Å². The third kappa shape index (κ3) is 4.83. The van der Waals surface area contributed by atoms with Crippen molar-refractivity contribution in [3.63, 3.8) is 0 Å². The lowest BCUT2D eigenvalue weighted by atomic mass is 10.1. The number of aliphatic imine (C=N–C) groups is 1. The van der Waals surface area contributed by atoms with Gasteiger partial charge in [0.1, 0.15) is 11.6 Å². The molecule has 6 heteroatoms. The van der Waals surface area contributed by atoms with Crippen LogP contribution in [0.1, 0.15) is 17.3 Å². The summed E-state index contributed by atoms with van der Waals surface area (Å²) in [4.78, 5) is 15.1. The standard InChI is InChI=1S/C27H27N5O/c1-30(2)23-14-10-20(11-15-23)18-22(19-28)27-29-26(21-12-16-24(17-13-21)31(3)4)32(33-27)25-8-6-5-7-9-25/h5-18,26H,1-4H3/b22-18+. The number of hydroxylamine groups is 1. The van der Waals surface area contributed by atoms with Crippen LogP contribution in [0.5, 0.6) is 0 Å². The van der Waals surface area contributed by atoms with Gasteiger partial charge in [0.25, 0.3) is 5.90 Å². The minimum absolute atomic E-state index is 0.305. The lowest BCUT2D eigenvalue weighted by molar-refractivity contribution is 0.269. The quantitative estimate of drug-likeness (QED) is 0.492. The molecular formula is C27H27N5O. The average molecular weight is 438 g/mol. The number of anilines is 3. The average Bonchev–Trinajstić information content (AvgIpc) is 3.28. The summed E-state index contributed by atoms with van der Waals surface area (Å²) in [6, 6.07) is 28.3. The van der Waals surface area contributed by atoms with E-state index in [9.17, 15) is 5.26 Å². The van der Waals surface area contributed by atoms with Crippen molar-refractivity contribution >= 4 is 29.0 Å². The van der Waals surface area contributed by atoms with E-state index in [0.717, 1.165) is 28.2 Å². The summed E-state index contributed by atoms with van der Waals surface area (Å²) in [5.41, 5.74) is 5.33. The summed E-state index contributed by atoms with van der Waals surface area (Å²) in [5.74, 6) is 0.305. The SMILES string of the molecule is CN(C)c1ccc(/C=C(\C#N)C2=NC(c3ccc(N(C)C)cc3)N(c3ccccc3)O2)cc1. The topological polar surface area (TPSA) is 55.1 Å². The van der Waals surface area contributed by atoms with Gasteiger partial charge < -0.3 is 14.6 Å². The van der Waals surface area contributed by atoms with Crippen LogP contribution in [-0.4, -0.2) is 34.1 Å². The number of benzene rings is 3. The minimum atomic E-state index is -0.397. The van der Waals surface area contributed by atoms with Crippen LogP contribution in [0.2, 0.25) is 0 Å². The first-order valence-corrected chi connectivity index (χ1v) is 10.7. The molecule has 6 nitrogen and oxygen atoms in total. The lowest BCUT2D eigenvalue weighted by Crippen LogP contribution is -2.23. The number of hydrogen-bond donors (Lipinski definition) is 0. The zero-order valence-electron chi connectivity index (χ0n) is 19.3. The van der Waals surface area contributed by atoms with Crippen LogP contribution in [0.25, 0.3) is 6.08 Å². The van der Waals surface area contributed by atoms with E-state index in [2.05, 4.69) is 23.1 Å². The van der Waals surface area contributed by atoms with Gasteiger partial charge in [-0.1, -0.05) is 42.5 Å². The first-order valence-electron chi connectivity index (χ1n) is 10.7. The summed E-state index contributed by atoms with van der Waals surface area (Å²) in [5, 5.41) is 11.6. The molecule has 0 saturated carbocycles. The Hall–Kier alpha value is -4.24. The van der Waals surface area contributed by atoms with Gasteiger partial charge in [-0.15, -0.1) is 0 Å². The zero-order valence-corrected chi connectivity index (χ0v) is 19.3. The Balaban J connectivity index is 1.69. The van der Waals surface area contributed by atoms with Crippen molar-refractivity contribution in [2.45, 2.75) is 6.17 Å². The Morgan fingerprint density at radius 1 is 0.879 bits per heavy atom. The zero-order chi connectivity index (χ0) is 23.4. The van der Waals surface area contributed by atoms with E-state index < -0.39 is 6.17 Å². The van der Waals surface area contributed by atoms with Gasteiger partial charge in [-0.05, 0) is 53.6 Å². The molecule has 0 aromatic heterocycles. The number of para-hydroxylation sites is 1. The molecule has 0 radical (unpaired) electrons. The normalized spacial score (nSPS) is 15.5. The molecule has 0 aliphatic carbocycles. The van der Waals surface area contributed by atoms with E-state index in [1.165, 1.54) is 0 Å². The van der Waals surface area contributed by atoms with Crippen LogP contribution < -0.4 is 14.9 Å². The Kier molecular flexibility index (Phi) is 6.32. The fourth-order valence-electron chi connectivity index (χ4n) is 3.55. The van der Waals surface area contributed by atoms with E-state index >= 15 is 0 Å². The van der Waals surface area contributed by atoms with Gasteiger partial charge in [0.2, 0.25) is 0 Å². The predicted molar refractivity (Wildman–Crippen MR) is 135 cm³/mol. The molecule has 4 rings (SSSR count). The van der Waals surface area contributed by atoms with Crippen molar-refractivity contribution in [2.24, 2.45) is 4.99 Å². The van der Waals surface area contributed by atoms with Crippen molar-refractivity contribution in [1.82, 2.24) is 0 Å². The predicted octanol–water partition coefficient (Wildman–Crippen LogP) is 5.27. The maximum atomic E-state index is 9.89. The molecule has 3 aromatic carbocycles. The summed E-state index contributed by atoms with van der Waals surface area (Å²) in [7, 11) is 8.01. The van der Waals surface area contributed by atoms with E-state index in [0.29, 0.717) is 11.5 Å². The van der Waals surface area contributed by atoms with Gasteiger partial charge in [-0.2, -0.15) is 10.3 Å². The lowest BCUT2D eigenvalue weighted by Gasteiger charge is -2.24. The molecular weight excluding hydrogens is 410 g/mol. The molecule has 0 amide bonds. The number of nitrogens with zero attached hydrogens (tertiary/aromatic N) is 5. The molecule has 0 N–H and O–H groups in total. The van der Waals surface area contributed by atoms with Gasteiger partial charge in [0, 0.05) is 39.6 Å². The summed E-state index contributed by atoms with van der Waals surface area (Å²) < 4.78 is 0. The molecule has 1 aliphatic rings. The Labute approximate surface area is 195 Å². The largest absolute Gasteiger partial charge is 0.378 e. The van der Waals surface area contributed by atoms with Gasteiger partial charge in [-0.3, -0.25) is 0 Å². The van der Waals surface area contributed by atoms with Crippen molar-refractivity contribution in [3.8, 4) is 6.07 Å². The Morgan fingerprint density at radius 2 is 1.45 bits per heavy atom. The van der Waals surface area contributed by atoms with Gasteiger partial charge in [0.15, 0.2) is 6.17 Å². The molecule has 166 valence electrons. The first-order chi connectivity index (χ1) is 16.0. The fraction of sp³-hybridized carbons (Fsp3) is 0.185. The van der Waals surface area contributed by atoms with E-state index in [1.54, 1.807) is 11.1 Å². The van der Waals surface area contributed by atoms with Crippen molar-refractivity contribution in [1.29, 1.82) is 5.26 Å². The highest BCUT2D eigenvalue weighted by atomic mass is 16.7. The van der Waals surface area contributed by atoms with Crippen LogP contribution in [0.4, 0.5) is 17.1 Å². The van der Waals surface area contributed by atoms with E-state index in [4.69, 9.17) is 9.83 Å². The molecule has 0 saturated heterocycles. The third-order valence-corrected chi connectivity index (χ3v) is 5.44. The molecule has 33 heavy (non-hydrogen) atoms. The van der Waals surface area contributed by atoms with Crippen molar-refractivity contribution in [3.05, 3.63) is 95.6 Å². The number of hydrogen-bond acceptors (Lipinski definition) is 6. The van der Waals surface area contributed by atoms with Crippen LogP contribution in [0.15, 0.2) is 89.4 Å². The molecule has 0 fully saturated rings. The summed E-state index contributed by atoms with van der Waals surface area (Å²) in [6.45, 7) is 0. The first kappa shape index (κ1) is 22.0. The summed E-state index contributed by atoms with van der Waals surface area (Å²) >= 11 is 0. The Morgan fingerprint density at radius 3 is 2.00 bits per heavy atom. The second-order valence-electron chi connectivity index (χ2n) is 8.20. The highest BCUT2D eigenvalue weighted by molar-refractivity contribution is 6.03. The molecule has 1 unspecified atom stereocenters. The molecule has 0 bridgehead atoms.